The number of carbonyl (C=O) groups excluding carboxylic acids is 1. The van der Waals surface area contributed by atoms with Gasteiger partial charge >= 0.3 is 0 Å². The molecule has 4 heterocycles. The second kappa shape index (κ2) is 7.12. The van der Waals surface area contributed by atoms with Crippen LogP contribution in [0.5, 0.6) is 0 Å². The van der Waals surface area contributed by atoms with E-state index in [1.807, 2.05) is 31.2 Å². The van der Waals surface area contributed by atoms with Gasteiger partial charge in [-0.2, -0.15) is 4.98 Å². The van der Waals surface area contributed by atoms with Crippen LogP contribution >= 0.6 is 0 Å². The Kier molecular flexibility index (Phi) is 4.42. The molecular formula is C22H24N6O2. The lowest BCUT2D eigenvalue weighted by Gasteiger charge is -2.27. The largest absolute Gasteiger partial charge is 0.357 e. The number of nitrogens with zero attached hydrogens (tertiary/aromatic N) is 5. The molecule has 1 aromatic carbocycles. The van der Waals surface area contributed by atoms with Crippen LogP contribution in [0.1, 0.15) is 30.1 Å². The first-order valence-electron chi connectivity index (χ1n) is 10.4. The summed E-state index contributed by atoms with van der Waals surface area (Å²) < 4.78 is 1.68. The molecule has 0 radical (unpaired) electrons. The van der Waals surface area contributed by atoms with E-state index >= 15 is 0 Å². The molecule has 1 atom stereocenters. The number of anilines is 3. The maximum atomic E-state index is 13.6. The van der Waals surface area contributed by atoms with Gasteiger partial charge in [-0.1, -0.05) is 6.07 Å². The highest BCUT2D eigenvalue weighted by atomic mass is 16.2. The Hall–Kier alpha value is -3.42. The van der Waals surface area contributed by atoms with Crippen molar-refractivity contribution in [3.63, 3.8) is 0 Å². The number of hydrogen-bond acceptors (Lipinski definition) is 6. The molecule has 1 amide bonds. The molecule has 154 valence electrons. The van der Waals surface area contributed by atoms with Crippen molar-refractivity contribution in [1.29, 1.82) is 0 Å². The zero-order valence-corrected chi connectivity index (χ0v) is 17.1. The Morgan fingerprint density at radius 1 is 1.20 bits per heavy atom. The second-order valence-corrected chi connectivity index (χ2v) is 7.73. The van der Waals surface area contributed by atoms with Crippen LogP contribution in [0.25, 0.3) is 10.8 Å². The number of pyridine rings is 1. The fraction of sp³-hybridized carbons (Fsp3) is 0.364. The smallest absolute Gasteiger partial charge is 0.263 e. The van der Waals surface area contributed by atoms with Crippen LogP contribution in [0, 0.1) is 0 Å². The summed E-state index contributed by atoms with van der Waals surface area (Å²) in [5.74, 6) is 1.07. The van der Waals surface area contributed by atoms with Crippen LogP contribution in [-0.2, 0) is 6.54 Å². The first-order valence-corrected chi connectivity index (χ1v) is 10.4. The molecule has 2 aliphatic heterocycles. The first-order chi connectivity index (χ1) is 14.6. The van der Waals surface area contributed by atoms with Crippen molar-refractivity contribution < 1.29 is 4.79 Å². The predicted octanol–water partition coefficient (Wildman–Crippen LogP) is 2.48. The summed E-state index contributed by atoms with van der Waals surface area (Å²) in [6, 6.07) is 7.71. The number of aromatic nitrogens is 3. The molecule has 0 bridgehead atoms. The van der Waals surface area contributed by atoms with E-state index < -0.39 is 0 Å². The number of amides is 1. The quantitative estimate of drug-likeness (QED) is 0.722. The summed E-state index contributed by atoms with van der Waals surface area (Å²) in [5.41, 5.74) is 1.22. The van der Waals surface area contributed by atoms with E-state index in [1.165, 1.54) is 0 Å². The number of carbonyl (C=O) groups is 1. The molecule has 8 nitrogen and oxygen atoms in total. The van der Waals surface area contributed by atoms with Gasteiger partial charge in [0.05, 0.1) is 5.69 Å². The maximum absolute atomic E-state index is 13.6. The van der Waals surface area contributed by atoms with Crippen molar-refractivity contribution in [3.8, 4) is 0 Å². The van der Waals surface area contributed by atoms with Crippen molar-refractivity contribution in [2.24, 2.45) is 0 Å². The van der Waals surface area contributed by atoms with Crippen LogP contribution in [0.2, 0.25) is 0 Å². The fourth-order valence-corrected chi connectivity index (χ4v) is 4.60. The van der Waals surface area contributed by atoms with E-state index in [2.05, 4.69) is 20.2 Å². The molecule has 0 spiro atoms. The summed E-state index contributed by atoms with van der Waals surface area (Å²) in [4.78, 5) is 39.4. The first kappa shape index (κ1) is 18.6. The standard InChI is InChI=1S/C22H24N6O2/c1-3-26-11-9-15-16(20(26)29)7-4-8-18(15)28-13-14-6-5-10-27(14)19-17(21(28)30)12-24-22(23-2)25-19/h4,7-9,11-12,14H,3,5-6,10,13H2,1-2H3,(H,23,24,25)/t14-/m0/s1. The lowest BCUT2D eigenvalue weighted by Crippen LogP contribution is -2.40. The number of hydrogen-bond donors (Lipinski definition) is 1. The summed E-state index contributed by atoms with van der Waals surface area (Å²) in [5, 5.41) is 4.38. The van der Waals surface area contributed by atoms with Gasteiger partial charge in [-0.3, -0.25) is 9.59 Å². The van der Waals surface area contributed by atoms with E-state index in [1.54, 1.807) is 28.9 Å². The Balaban J connectivity index is 1.69. The van der Waals surface area contributed by atoms with E-state index in [0.717, 1.165) is 30.5 Å². The van der Waals surface area contributed by atoms with Gasteiger partial charge in [-0.05, 0) is 38.0 Å². The number of aryl methyl sites for hydroxylation is 1. The normalized spacial score (nSPS) is 18.3. The van der Waals surface area contributed by atoms with Gasteiger partial charge in [0.15, 0.2) is 0 Å². The predicted molar refractivity (Wildman–Crippen MR) is 118 cm³/mol. The zero-order chi connectivity index (χ0) is 20.8. The van der Waals surface area contributed by atoms with Crippen LogP contribution in [0.15, 0.2) is 41.5 Å². The van der Waals surface area contributed by atoms with Crippen molar-refractivity contribution in [3.05, 3.63) is 52.6 Å². The molecule has 1 fully saturated rings. The monoisotopic (exact) mass is 404 g/mol. The zero-order valence-electron chi connectivity index (χ0n) is 17.1. The van der Waals surface area contributed by atoms with Gasteiger partial charge in [0.25, 0.3) is 11.5 Å². The molecule has 3 aromatic rings. The van der Waals surface area contributed by atoms with Crippen molar-refractivity contribution in [2.75, 3.05) is 35.3 Å². The molecule has 5 rings (SSSR count). The highest BCUT2D eigenvalue weighted by Crippen LogP contribution is 2.35. The Morgan fingerprint density at radius 3 is 2.87 bits per heavy atom. The summed E-state index contributed by atoms with van der Waals surface area (Å²) >= 11 is 0. The Bertz CT molecular complexity index is 1200. The van der Waals surface area contributed by atoms with E-state index in [4.69, 9.17) is 0 Å². The van der Waals surface area contributed by atoms with Gasteiger partial charge in [0.1, 0.15) is 11.4 Å². The van der Waals surface area contributed by atoms with Gasteiger partial charge in [0.2, 0.25) is 5.95 Å². The van der Waals surface area contributed by atoms with Gasteiger partial charge < -0.3 is 19.7 Å². The molecule has 1 N–H and O–H groups in total. The minimum atomic E-state index is -0.130. The van der Waals surface area contributed by atoms with Crippen LogP contribution in [0.4, 0.5) is 17.5 Å². The lowest BCUT2D eigenvalue weighted by molar-refractivity contribution is 0.0988. The van der Waals surface area contributed by atoms with Crippen molar-refractivity contribution in [1.82, 2.24) is 14.5 Å². The third-order valence-electron chi connectivity index (χ3n) is 6.14. The van der Waals surface area contributed by atoms with Crippen molar-refractivity contribution in [2.45, 2.75) is 32.4 Å². The number of benzene rings is 1. The molecular weight excluding hydrogens is 380 g/mol. The second-order valence-electron chi connectivity index (χ2n) is 7.73. The summed E-state index contributed by atoms with van der Waals surface area (Å²) in [6.45, 7) is 3.98. The Morgan fingerprint density at radius 2 is 2.07 bits per heavy atom. The van der Waals surface area contributed by atoms with Gasteiger partial charge in [0, 0.05) is 55.9 Å². The van der Waals surface area contributed by atoms with Crippen LogP contribution < -0.4 is 20.7 Å². The molecule has 2 aromatic heterocycles. The molecule has 0 saturated carbocycles. The molecule has 1 saturated heterocycles. The van der Waals surface area contributed by atoms with Crippen LogP contribution in [0.3, 0.4) is 0 Å². The van der Waals surface area contributed by atoms with E-state index in [-0.39, 0.29) is 17.5 Å². The molecule has 8 heteroatoms. The highest BCUT2D eigenvalue weighted by molar-refractivity contribution is 6.13. The third kappa shape index (κ3) is 2.74. The lowest BCUT2D eigenvalue weighted by atomic mass is 10.1. The number of rotatable bonds is 3. The van der Waals surface area contributed by atoms with E-state index in [0.29, 0.717) is 35.8 Å². The molecule has 30 heavy (non-hydrogen) atoms. The van der Waals surface area contributed by atoms with Crippen LogP contribution in [-0.4, -0.2) is 46.6 Å². The average molecular weight is 404 g/mol. The third-order valence-corrected chi connectivity index (χ3v) is 6.14. The topological polar surface area (TPSA) is 83.4 Å². The van der Waals surface area contributed by atoms with Crippen molar-refractivity contribution >= 4 is 34.1 Å². The SMILES string of the molecule is CCn1ccc2c(N3C[C@@H]4CCCN4c4nc(NC)ncc4C3=O)cccc2c1=O. The van der Waals surface area contributed by atoms with Gasteiger partial charge in [-0.25, -0.2) is 4.98 Å². The highest BCUT2D eigenvalue weighted by Gasteiger charge is 2.37. The summed E-state index contributed by atoms with van der Waals surface area (Å²) in [7, 11) is 1.77. The minimum absolute atomic E-state index is 0.0380. The Labute approximate surface area is 174 Å². The van der Waals surface area contributed by atoms with E-state index in [9.17, 15) is 9.59 Å². The molecule has 2 aliphatic rings. The minimum Gasteiger partial charge on any atom is -0.357 e. The number of nitrogens with one attached hydrogen (secondary N) is 1. The molecule has 0 aliphatic carbocycles. The number of fused-ring (bicyclic) bond motifs is 4. The maximum Gasteiger partial charge on any atom is 0.263 e. The summed E-state index contributed by atoms with van der Waals surface area (Å²) in [6.07, 6.45) is 5.46. The van der Waals surface area contributed by atoms with Gasteiger partial charge in [-0.15, -0.1) is 0 Å². The molecule has 0 unspecified atom stereocenters. The fourth-order valence-electron chi connectivity index (χ4n) is 4.60. The average Bonchev–Trinajstić information content (AvgIpc) is 3.21.